The molecule has 1 amide bonds. The van der Waals surface area contributed by atoms with Gasteiger partial charge in [0.2, 0.25) is 5.91 Å². The van der Waals surface area contributed by atoms with E-state index in [2.05, 4.69) is 40.5 Å². The van der Waals surface area contributed by atoms with Crippen LogP contribution in [-0.4, -0.2) is 36.5 Å². The van der Waals surface area contributed by atoms with Gasteiger partial charge in [-0.1, -0.05) is 37.3 Å². The third-order valence-electron chi connectivity index (χ3n) is 4.30. The van der Waals surface area contributed by atoms with Gasteiger partial charge in [-0.25, -0.2) is 0 Å². The molecule has 21 heavy (non-hydrogen) atoms. The molecule has 1 heterocycles. The standard InChI is InChI=1S/C17H27N3O/c1-2-16(18)17(21)19-12-14-8-10-20(11-9-14)13-15-6-4-3-5-7-15/h3-7,14,16H,2,8-13,18H2,1H3,(H,19,21)/t16-/m0/s1. The Hall–Kier alpha value is -1.39. The van der Waals surface area contributed by atoms with Gasteiger partial charge in [0.25, 0.3) is 0 Å². The lowest BCUT2D eigenvalue weighted by Crippen LogP contribution is -2.44. The second kappa shape index (κ2) is 8.15. The van der Waals surface area contributed by atoms with E-state index in [9.17, 15) is 4.79 Å². The van der Waals surface area contributed by atoms with Crippen LogP contribution in [0.2, 0.25) is 0 Å². The number of nitrogens with one attached hydrogen (secondary N) is 1. The number of benzene rings is 1. The highest BCUT2D eigenvalue weighted by atomic mass is 16.2. The molecule has 0 aliphatic carbocycles. The first kappa shape index (κ1) is 16.0. The van der Waals surface area contributed by atoms with Crippen molar-refractivity contribution < 1.29 is 4.79 Å². The number of piperidine rings is 1. The Morgan fingerprint density at radius 3 is 2.62 bits per heavy atom. The van der Waals surface area contributed by atoms with E-state index >= 15 is 0 Å². The fraction of sp³-hybridized carbons (Fsp3) is 0.588. The average Bonchev–Trinajstić information content (AvgIpc) is 2.54. The molecule has 0 bridgehead atoms. The zero-order chi connectivity index (χ0) is 15.1. The van der Waals surface area contributed by atoms with Crippen LogP contribution in [0.15, 0.2) is 30.3 Å². The van der Waals surface area contributed by atoms with Gasteiger partial charge in [0.15, 0.2) is 0 Å². The summed E-state index contributed by atoms with van der Waals surface area (Å²) in [5.74, 6) is 0.578. The Balaban J connectivity index is 1.67. The minimum Gasteiger partial charge on any atom is -0.354 e. The molecule has 0 spiro atoms. The molecule has 1 aliphatic heterocycles. The number of likely N-dealkylation sites (tertiary alicyclic amines) is 1. The zero-order valence-corrected chi connectivity index (χ0v) is 12.9. The minimum absolute atomic E-state index is 0.00999. The molecule has 1 fully saturated rings. The predicted octanol–water partition coefficient (Wildman–Crippen LogP) is 1.75. The first-order chi connectivity index (χ1) is 10.2. The van der Waals surface area contributed by atoms with Crippen LogP contribution >= 0.6 is 0 Å². The van der Waals surface area contributed by atoms with Crippen molar-refractivity contribution in [2.45, 2.75) is 38.8 Å². The molecule has 2 rings (SSSR count). The summed E-state index contributed by atoms with van der Waals surface area (Å²) in [6.45, 7) is 5.95. The lowest BCUT2D eigenvalue weighted by Gasteiger charge is -2.32. The molecular formula is C17H27N3O. The van der Waals surface area contributed by atoms with Gasteiger partial charge >= 0.3 is 0 Å². The number of rotatable bonds is 6. The zero-order valence-electron chi connectivity index (χ0n) is 12.9. The highest BCUT2D eigenvalue weighted by molar-refractivity contribution is 5.81. The first-order valence-electron chi connectivity index (χ1n) is 7.98. The summed E-state index contributed by atoms with van der Waals surface area (Å²) in [6.07, 6.45) is 2.99. The lowest BCUT2D eigenvalue weighted by atomic mass is 9.96. The summed E-state index contributed by atoms with van der Waals surface area (Å²) in [5.41, 5.74) is 7.09. The maximum Gasteiger partial charge on any atom is 0.236 e. The Bertz CT molecular complexity index is 427. The van der Waals surface area contributed by atoms with Crippen molar-refractivity contribution in [3.63, 3.8) is 0 Å². The van der Waals surface area contributed by atoms with Gasteiger partial charge in [0, 0.05) is 13.1 Å². The van der Waals surface area contributed by atoms with Crippen LogP contribution in [-0.2, 0) is 11.3 Å². The molecule has 1 atom stereocenters. The maximum absolute atomic E-state index is 11.7. The third kappa shape index (κ3) is 5.14. The largest absolute Gasteiger partial charge is 0.354 e. The summed E-state index contributed by atoms with van der Waals surface area (Å²) in [6, 6.07) is 10.2. The molecule has 1 aliphatic rings. The van der Waals surface area contributed by atoms with E-state index in [0.29, 0.717) is 12.3 Å². The number of hydrogen-bond acceptors (Lipinski definition) is 3. The number of carbonyl (C=O) groups is 1. The summed E-state index contributed by atoms with van der Waals surface area (Å²) in [4.78, 5) is 14.2. The number of nitrogens with two attached hydrogens (primary N) is 1. The monoisotopic (exact) mass is 289 g/mol. The van der Waals surface area contributed by atoms with Gasteiger partial charge < -0.3 is 11.1 Å². The SMILES string of the molecule is CC[C@H](N)C(=O)NCC1CCN(Cc2ccccc2)CC1. The smallest absolute Gasteiger partial charge is 0.236 e. The normalized spacial score (nSPS) is 18.4. The van der Waals surface area contributed by atoms with E-state index in [1.165, 1.54) is 5.56 Å². The molecule has 1 aromatic rings. The molecule has 1 aromatic carbocycles. The number of amides is 1. The van der Waals surface area contributed by atoms with Crippen LogP contribution in [0.4, 0.5) is 0 Å². The van der Waals surface area contributed by atoms with Crippen molar-refractivity contribution in [2.75, 3.05) is 19.6 Å². The molecule has 4 nitrogen and oxygen atoms in total. The molecule has 1 saturated heterocycles. The molecule has 0 unspecified atom stereocenters. The summed E-state index contributed by atoms with van der Waals surface area (Å²) in [7, 11) is 0. The van der Waals surface area contributed by atoms with Crippen LogP contribution in [0.5, 0.6) is 0 Å². The second-order valence-electron chi connectivity index (χ2n) is 5.97. The molecule has 0 aromatic heterocycles. The van der Waals surface area contributed by atoms with Gasteiger partial charge in [-0.2, -0.15) is 0 Å². The van der Waals surface area contributed by atoms with Crippen LogP contribution in [0, 0.1) is 5.92 Å². The van der Waals surface area contributed by atoms with Gasteiger partial charge in [0.1, 0.15) is 0 Å². The minimum atomic E-state index is -0.358. The van der Waals surface area contributed by atoms with E-state index in [4.69, 9.17) is 5.73 Å². The van der Waals surface area contributed by atoms with E-state index in [0.717, 1.165) is 39.0 Å². The molecule has 3 N–H and O–H groups in total. The molecule has 0 radical (unpaired) electrons. The highest BCUT2D eigenvalue weighted by Crippen LogP contribution is 2.18. The fourth-order valence-corrected chi connectivity index (χ4v) is 2.75. The Kier molecular flexibility index (Phi) is 6.21. The van der Waals surface area contributed by atoms with E-state index in [1.807, 2.05) is 6.92 Å². The quantitative estimate of drug-likeness (QED) is 0.839. The second-order valence-corrected chi connectivity index (χ2v) is 5.97. The van der Waals surface area contributed by atoms with Crippen molar-refractivity contribution in [2.24, 2.45) is 11.7 Å². The molecular weight excluding hydrogens is 262 g/mol. The first-order valence-corrected chi connectivity index (χ1v) is 7.98. The van der Waals surface area contributed by atoms with Crippen LogP contribution < -0.4 is 11.1 Å². The third-order valence-corrected chi connectivity index (χ3v) is 4.30. The molecule has 116 valence electrons. The van der Waals surface area contributed by atoms with Crippen LogP contribution in [0.1, 0.15) is 31.7 Å². The molecule has 4 heteroatoms. The van der Waals surface area contributed by atoms with E-state index in [-0.39, 0.29) is 11.9 Å². The molecule has 0 saturated carbocycles. The fourth-order valence-electron chi connectivity index (χ4n) is 2.75. The summed E-state index contributed by atoms with van der Waals surface area (Å²) < 4.78 is 0. The lowest BCUT2D eigenvalue weighted by molar-refractivity contribution is -0.122. The van der Waals surface area contributed by atoms with Crippen molar-refractivity contribution in [1.29, 1.82) is 0 Å². The topological polar surface area (TPSA) is 58.4 Å². The Labute approximate surface area is 127 Å². The van der Waals surface area contributed by atoms with Gasteiger partial charge in [-0.05, 0) is 43.8 Å². The van der Waals surface area contributed by atoms with Gasteiger partial charge in [-0.15, -0.1) is 0 Å². The van der Waals surface area contributed by atoms with Crippen molar-refractivity contribution in [3.8, 4) is 0 Å². The Morgan fingerprint density at radius 2 is 2.00 bits per heavy atom. The summed E-state index contributed by atoms with van der Waals surface area (Å²) in [5, 5.41) is 2.99. The maximum atomic E-state index is 11.7. The van der Waals surface area contributed by atoms with Crippen LogP contribution in [0.3, 0.4) is 0 Å². The van der Waals surface area contributed by atoms with Crippen molar-refractivity contribution in [1.82, 2.24) is 10.2 Å². The average molecular weight is 289 g/mol. The van der Waals surface area contributed by atoms with Gasteiger partial charge in [-0.3, -0.25) is 9.69 Å². The Morgan fingerprint density at radius 1 is 1.33 bits per heavy atom. The van der Waals surface area contributed by atoms with E-state index in [1.54, 1.807) is 0 Å². The predicted molar refractivity (Wildman–Crippen MR) is 85.7 cm³/mol. The summed E-state index contributed by atoms with van der Waals surface area (Å²) >= 11 is 0. The van der Waals surface area contributed by atoms with Gasteiger partial charge in [0.05, 0.1) is 6.04 Å². The number of carbonyl (C=O) groups excluding carboxylic acids is 1. The highest BCUT2D eigenvalue weighted by Gasteiger charge is 2.20. The van der Waals surface area contributed by atoms with Crippen molar-refractivity contribution >= 4 is 5.91 Å². The van der Waals surface area contributed by atoms with Crippen molar-refractivity contribution in [3.05, 3.63) is 35.9 Å². The van der Waals surface area contributed by atoms with E-state index < -0.39 is 0 Å². The van der Waals surface area contributed by atoms with Crippen LogP contribution in [0.25, 0.3) is 0 Å². The number of hydrogen-bond donors (Lipinski definition) is 2. The number of nitrogens with zero attached hydrogens (tertiary/aromatic N) is 1.